The van der Waals surface area contributed by atoms with Crippen molar-refractivity contribution in [2.75, 3.05) is 63.9 Å². The largest absolute Gasteiger partial charge is 0.378 e. The molecule has 0 saturated carbocycles. The summed E-state index contributed by atoms with van der Waals surface area (Å²) < 4.78 is 5.34. The Hall–Kier alpha value is -2.97. The SMILES string of the molecule is O=C(CN1CCN(c2cc(-c3n[nH]c4ccccc34)ccn2)CC1)N1CCOCC1. The van der Waals surface area contributed by atoms with Crippen LogP contribution in [0.15, 0.2) is 42.6 Å². The molecular formula is C22H26N6O2. The van der Waals surface area contributed by atoms with E-state index in [0.29, 0.717) is 32.8 Å². The van der Waals surface area contributed by atoms with Crippen LogP contribution in [0, 0.1) is 0 Å². The summed E-state index contributed by atoms with van der Waals surface area (Å²) in [5.41, 5.74) is 3.04. The quantitative estimate of drug-likeness (QED) is 0.709. The number of anilines is 1. The van der Waals surface area contributed by atoms with Crippen LogP contribution in [0.5, 0.6) is 0 Å². The molecule has 2 aliphatic heterocycles. The molecule has 30 heavy (non-hydrogen) atoms. The number of para-hydroxylation sites is 1. The number of carbonyl (C=O) groups excluding carboxylic acids is 1. The fourth-order valence-corrected chi connectivity index (χ4v) is 4.16. The lowest BCUT2D eigenvalue weighted by atomic mass is 10.1. The monoisotopic (exact) mass is 406 g/mol. The highest BCUT2D eigenvalue weighted by molar-refractivity contribution is 5.93. The first-order valence-electron chi connectivity index (χ1n) is 10.5. The van der Waals surface area contributed by atoms with Gasteiger partial charge in [0.05, 0.1) is 25.3 Å². The van der Waals surface area contributed by atoms with Crippen molar-refractivity contribution in [2.24, 2.45) is 0 Å². The Labute approximate surface area is 175 Å². The number of nitrogens with zero attached hydrogens (tertiary/aromatic N) is 5. The van der Waals surface area contributed by atoms with Crippen molar-refractivity contribution in [3.63, 3.8) is 0 Å². The van der Waals surface area contributed by atoms with E-state index in [2.05, 4.69) is 37.1 Å². The molecule has 8 nitrogen and oxygen atoms in total. The Kier molecular flexibility index (Phi) is 5.33. The second-order valence-electron chi connectivity index (χ2n) is 7.78. The number of morpholine rings is 1. The summed E-state index contributed by atoms with van der Waals surface area (Å²) in [4.78, 5) is 23.5. The number of amides is 1. The van der Waals surface area contributed by atoms with Gasteiger partial charge in [-0.25, -0.2) is 4.98 Å². The van der Waals surface area contributed by atoms with E-state index in [9.17, 15) is 4.79 Å². The molecule has 2 fully saturated rings. The number of H-pyrrole nitrogens is 1. The summed E-state index contributed by atoms with van der Waals surface area (Å²) in [5.74, 6) is 1.16. The zero-order valence-corrected chi connectivity index (χ0v) is 17.0. The van der Waals surface area contributed by atoms with Crippen LogP contribution in [0.2, 0.25) is 0 Å². The van der Waals surface area contributed by atoms with E-state index >= 15 is 0 Å². The normalized spacial score (nSPS) is 18.1. The van der Waals surface area contributed by atoms with Gasteiger partial charge >= 0.3 is 0 Å². The number of carbonyl (C=O) groups is 1. The molecule has 5 rings (SSSR count). The van der Waals surface area contributed by atoms with Crippen molar-refractivity contribution in [1.29, 1.82) is 0 Å². The van der Waals surface area contributed by atoms with Gasteiger partial charge in [0.15, 0.2) is 0 Å². The fourth-order valence-electron chi connectivity index (χ4n) is 4.16. The molecule has 1 N–H and O–H groups in total. The van der Waals surface area contributed by atoms with Crippen molar-refractivity contribution in [3.8, 4) is 11.3 Å². The van der Waals surface area contributed by atoms with Gasteiger partial charge in [-0.15, -0.1) is 0 Å². The first-order valence-corrected chi connectivity index (χ1v) is 10.5. The van der Waals surface area contributed by atoms with Gasteiger partial charge in [-0.05, 0) is 18.2 Å². The Morgan fingerprint density at radius 1 is 1.03 bits per heavy atom. The number of aromatic nitrogens is 3. The molecule has 3 aromatic rings. The van der Waals surface area contributed by atoms with Gasteiger partial charge in [-0.3, -0.25) is 14.8 Å². The number of hydrogen-bond acceptors (Lipinski definition) is 6. The van der Waals surface area contributed by atoms with Crippen LogP contribution in [0.4, 0.5) is 5.82 Å². The van der Waals surface area contributed by atoms with Crippen LogP contribution in [0.25, 0.3) is 22.2 Å². The maximum atomic E-state index is 12.5. The molecule has 1 aromatic carbocycles. The average molecular weight is 406 g/mol. The van der Waals surface area contributed by atoms with Crippen LogP contribution in [0.3, 0.4) is 0 Å². The zero-order valence-electron chi connectivity index (χ0n) is 17.0. The number of pyridine rings is 1. The first kappa shape index (κ1) is 19.0. The molecule has 0 aliphatic carbocycles. The van der Waals surface area contributed by atoms with Crippen molar-refractivity contribution in [1.82, 2.24) is 25.0 Å². The van der Waals surface area contributed by atoms with Crippen LogP contribution >= 0.6 is 0 Å². The van der Waals surface area contributed by atoms with E-state index in [4.69, 9.17) is 4.74 Å². The smallest absolute Gasteiger partial charge is 0.236 e. The molecule has 2 saturated heterocycles. The Morgan fingerprint density at radius 3 is 2.67 bits per heavy atom. The molecule has 0 atom stereocenters. The highest BCUT2D eigenvalue weighted by Crippen LogP contribution is 2.28. The summed E-state index contributed by atoms with van der Waals surface area (Å²) in [5, 5.41) is 8.72. The number of piperazine rings is 1. The minimum Gasteiger partial charge on any atom is -0.378 e. The molecule has 8 heteroatoms. The molecule has 0 unspecified atom stereocenters. The molecule has 0 radical (unpaired) electrons. The minimum absolute atomic E-state index is 0.206. The number of benzene rings is 1. The van der Waals surface area contributed by atoms with E-state index in [1.807, 2.05) is 35.4 Å². The standard InChI is InChI=1S/C22H26N6O2/c29-21(28-11-13-30-14-12-28)16-26-7-9-27(10-8-26)20-15-17(5-6-23-20)22-18-3-1-2-4-19(18)24-25-22/h1-6,15H,7-14,16H2,(H,24,25). The lowest BCUT2D eigenvalue weighted by Gasteiger charge is -2.36. The van der Waals surface area contributed by atoms with Gasteiger partial charge in [0, 0.05) is 56.4 Å². The lowest BCUT2D eigenvalue weighted by molar-refractivity contribution is -0.136. The predicted molar refractivity (Wildman–Crippen MR) is 115 cm³/mol. The first-order chi connectivity index (χ1) is 14.8. The maximum Gasteiger partial charge on any atom is 0.236 e. The van der Waals surface area contributed by atoms with Crippen LogP contribution in [0.1, 0.15) is 0 Å². The summed E-state index contributed by atoms with van der Waals surface area (Å²) in [7, 11) is 0. The van der Waals surface area contributed by atoms with Gasteiger partial charge in [0.1, 0.15) is 11.5 Å². The topological polar surface area (TPSA) is 77.6 Å². The maximum absolute atomic E-state index is 12.5. The lowest BCUT2D eigenvalue weighted by Crippen LogP contribution is -2.51. The van der Waals surface area contributed by atoms with Crippen molar-refractivity contribution in [3.05, 3.63) is 42.6 Å². The Morgan fingerprint density at radius 2 is 1.83 bits per heavy atom. The second kappa shape index (κ2) is 8.41. The van der Waals surface area contributed by atoms with Gasteiger partial charge < -0.3 is 14.5 Å². The third-order valence-electron chi connectivity index (χ3n) is 5.91. The third kappa shape index (κ3) is 3.88. The Bertz CT molecular complexity index is 1020. The third-order valence-corrected chi connectivity index (χ3v) is 5.91. The van der Waals surface area contributed by atoms with Crippen molar-refractivity contribution >= 4 is 22.6 Å². The number of rotatable bonds is 4. The summed E-state index contributed by atoms with van der Waals surface area (Å²) in [6.45, 7) is 6.61. The summed E-state index contributed by atoms with van der Waals surface area (Å²) >= 11 is 0. The Balaban J connectivity index is 1.23. The van der Waals surface area contributed by atoms with Gasteiger partial charge in [-0.1, -0.05) is 18.2 Å². The van der Waals surface area contributed by atoms with Crippen LogP contribution in [-0.4, -0.2) is 89.9 Å². The predicted octanol–water partition coefficient (Wildman–Crippen LogP) is 1.61. The number of fused-ring (bicyclic) bond motifs is 1. The zero-order chi connectivity index (χ0) is 20.3. The van der Waals surface area contributed by atoms with Crippen molar-refractivity contribution < 1.29 is 9.53 Å². The van der Waals surface area contributed by atoms with Gasteiger partial charge in [0.25, 0.3) is 0 Å². The average Bonchev–Trinajstić information content (AvgIpc) is 3.24. The highest BCUT2D eigenvalue weighted by atomic mass is 16.5. The van der Waals surface area contributed by atoms with E-state index < -0.39 is 0 Å². The fraction of sp³-hybridized carbons (Fsp3) is 0.409. The molecule has 2 aromatic heterocycles. The van der Waals surface area contributed by atoms with E-state index in [1.165, 1.54) is 0 Å². The van der Waals surface area contributed by atoms with Gasteiger partial charge in [-0.2, -0.15) is 5.10 Å². The van der Waals surface area contributed by atoms with E-state index in [1.54, 1.807) is 0 Å². The van der Waals surface area contributed by atoms with Gasteiger partial charge in [0.2, 0.25) is 5.91 Å². The minimum atomic E-state index is 0.206. The molecule has 0 spiro atoms. The molecule has 1 amide bonds. The molecule has 2 aliphatic rings. The molecule has 156 valence electrons. The highest BCUT2D eigenvalue weighted by Gasteiger charge is 2.23. The number of ether oxygens (including phenoxy) is 1. The second-order valence-corrected chi connectivity index (χ2v) is 7.78. The number of nitrogens with one attached hydrogen (secondary N) is 1. The van der Waals surface area contributed by atoms with Crippen LogP contribution < -0.4 is 4.90 Å². The van der Waals surface area contributed by atoms with E-state index in [-0.39, 0.29) is 5.91 Å². The number of aromatic amines is 1. The summed E-state index contributed by atoms with van der Waals surface area (Å²) in [6, 6.07) is 12.3. The van der Waals surface area contributed by atoms with Crippen LogP contribution in [-0.2, 0) is 9.53 Å². The summed E-state index contributed by atoms with van der Waals surface area (Å²) in [6.07, 6.45) is 1.85. The van der Waals surface area contributed by atoms with E-state index in [0.717, 1.165) is 54.2 Å². The molecule has 0 bridgehead atoms. The van der Waals surface area contributed by atoms with Crippen molar-refractivity contribution in [2.45, 2.75) is 0 Å². The number of hydrogen-bond donors (Lipinski definition) is 1. The molecular weight excluding hydrogens is 380 g/mol. The molecule has 4 heterocycles.